The second-order valence-corrected chi connectivity index (χ2v) is 12.2. The summed E-state index contributed by atoms with van der Waals surface area (Å²) in [6, 6.07) is 10.1. The number of thiazole rings is 1. The van der Waals surface area contributed by atoms with Crippen molar-refractivity contribution in [3.05, 3.63) is 47.5 Å². The summed E-state index contributed by atoms with van der Waals surface area (Å²) in [6.07, 6.45) is 1.13. The van der Waals surface area contributed by atoms with Gasteiger partial charge in [0.25, 0.3) is 0 Å². The molecule has 3 rings (SSSR count). The van der Waals surface area contributed by atoms with Gasteiger partial charge in [-0.3, -0.25) is 4.79 Å². The van der Waals surface area contributed by atoms with Crippen molar-refractivity contribution in [3.8, 4) is 10.6 Å². The lowest BCUT2D eigenvalue weighted by molar-refractivity contribution is -0.160. The monoisotopic (exact) mass is 615 g/mol. The second-order valence-electron chi connectivity index (χ2n) is 10.1. The van der Waals surface area contributed by atoms with Gasteiger partial charge in [-0.25, -0.2) is 4.98 Å². The number of esters is 1. The number of nitrogens with zero attached hydrogens (tertiary/aromatic N) is 1. The summed E-state index contributed by atoms with van der Waals surface area (Å²) in [5.41, 5.74) is -2.41. The summed E-state index contributed by atoms with van der Waals surface area (Å²) in [5.74, 6) is -0.304. The van der Waals surface area contributed by atoms with Gasteiger partial charge in [0.05, 0.1) is 15.6 Å². The maximum absolute atomic E-state index is 12.8. The zero-order chi connectivity index (χ0) is 32.0. The molecule has 0 N–H and O–H groups in total. The number of carbonyl (C=O) groups excluding carboxylic acids is 3. The maximum Gasteiger partial charge on any atom is 0.446 e. The van der Waals surface area contributed by atoms with E-state index >= 15 is 0 Å². The molecule has 6 nitrogen and oxygen atoms in total. The highest BCUT2D eigenvalue weighted by molar-refractivity contribution is 8.00. The van der Waals surface area contributed by atoms with Crippen LogP contribution in [0.15, 0.2) is 41.3 Å². The molecule has 0 saturated carbocycles. The first-order valence-electron chi connectivity index (χ1n) is 12.7. The number of thioether (sulfide) groups is 1. The van der Waals surface area contributed by atoms with Gasteiger partial charge in [-0.1, -0.05) is 25.1 Å². The van der Waals surface area contributed by atoms with Crippen molar-refractivity contribution >= 4 is 52.9 Å². The van der Waals surface area contributed by atoms with E-state index in [1.807, 2.05) is 74.2 Å². The number of aromatic nitrogens is 1. The third-order valence-electron chi connectivity index (χ3n) is 5.20. The van der Waals surface area contributed by atoms with E-state index < -0.39 is 16.5 Å². The van der Waals surface area contributed by atoms with Gasteiger partial charge >= 0.3 is 11.5 Å². The third-order valence-corrected chi connectivity index (χ3v) is 6.99. The Kier molecular flexibility index (Phi) is 16.1. The highest BCUT2D eigenvalue weighted by atomic mass is 32.2. The Hall–Kier alpha value is -2.76. The molecule has 0 bridgehead atoms. The van der Waals surface area contributed by atoms with Crippen LogP contribution in [0.4, 0.5) is 13.2 Å². The smallest absolute Gasteiger partial charge is 0.446 e. The van der Waals surface area contributed by atoms with Gasteiger partial charge in [0.2, 0.25) is 0 Å². The predicted octanol–water partition coefficient (Wildman–Crippen LogP) is 8.57. The largest absolute Gasteiger partial charge is 0.459 e. The average Bonchev–Trinajstić information content (AvgIpc) is 3.34. The molecule has 228 valence electrons. The molecule has 0 saturated heterocycles. The van der Waals surface area contributed by atoms with E-state index in [0.717, 1.165) is 46.5 Å². The fourth-order valence-corrected chi connectivity index (χ4v) is 4.92. The lowest BCUT2D eigenvalue weighted by atomic mass is 9.83. The molecule has 0 unspecified atom stereocenters. The summed E-state index contributed by atoms with van der Waals surface area (Å²) in [4.78, 5) is 33.6. The van der Waals surface area contributed by atoms with Gasteiger partial charge in [0.15, 0.2) is 0 Å². The standard InChI is InChI=1S/C23H24F3NO2S2.C5H12O.2CH2O/c1-13-11-15(22(5,6)20(28)29-21(2,3)4)12-17-18(13)27-19(30-17)14-7-9-16(10-8-14)31-23(24,25)26;1-3-5-6-4-2;2*1-2/h7-12H,1-6H3;3-5H2,1-2H3;2*1H2. The molecule has 2 aromatic carbocycles. The first-order valence-corrected chi connectivity index (χ1v) is 14.4. The molecule has 0 aliphatic rings. The molecule has 0 aliphatic carbocycles. The zero-order valence-electron chi connectivity index (χ0n) is 24.9. The van der Waals surface area contributed by atoms with E-state index in [1.54, 1.807) is 12.1 Å². The number of hydrogen-bond acceptors (Lipinski definition) is 8. The quantitative estimate of drug-likeness (QED) is 0.150. The summed E-state index contributed by atoms with van der Waals surface area (Å²) >= 11 is 1.31. The number of hydrogen-bond donors (Lipinski definition) is 0. The van der Waals surface area contributed by atoms with Crippen LogP contribution in [0.5, 0.6) is 0 Å². The van der Waals surface area contributed by atoms with Crippen LogP contribution < -0.4 is 0 Å². The van der Waals surface area contributed by atoms with Crippen molar-refractivity contribution in [1.29, 1.82) is 0 Å². The van der Waals surface area contributed by atoms with Crippen molar-refractivity contribution in [1.82, 2.24) is 4.98 Å². The summed E-state index contributed by atoms with van der Waals surface area (Å²) in [5, 5.41) is 0.717. The van der Waals surface area contributed by atoms with Crippen LogP contribution in [0.1, 0.15) is 66.0 Å². The van der Waals surface area contributed by atoms with E-state index in [-0.39, 0.29) is 22.6 Å². The van der Waals surface area contributed by atoms with Crippen molar-refractivity contribution < 1.29 is 37.0 Å². The topological polar surface area (TPSA) is 82.6 Å². The van der Waals surface area contributed by atoms with Crippen LogP contribution in [0, 0.1) is 6.92 Å². The maximum atomic E-state index is 12.8. The molecule has 0 amide bonds. The van der Waals surface area contributed by atoms with Crippen molar-refractivity contribution in [2.75, 3.05) is 13.2 Å². The predicted molar refractivity (Wildman–Crippen MR) is 162 cm³/mol. The molecule has 0 aliphatic heterocycles. The molecule has 1 heterocycles. The van der Waals surface area contributed by atoms with Crippen LogP contribution in [0.3, 0.4) is 0 Å². The summed E-state index contributed by atoms with van der Waals surface area (Å²) < 4.78 is 49.1. The fraction of sp³-hybridized carbons (Fsp3) is 0.467. The number of aryl methyl sites for hydroxylation is 1. The van der Waals surface area contributed by atoms with E-state index in [2.05, 4.69) is 11.9 Å². The highest BCUT2D eigenvalue weighted by Crippen LogP contribution is 2.39. The molecule has 0 fully saturated rings. The van der Waals surface area contributed by atoms with Gasteiger partial charge in [-0.2, -0.15) is 13.2 Å². The third kappa shape index (κ3) is 12.7. The van der Waals surface area contributed by atoms with E-state index in [9.17, 15) is 18.0 Å². The van der Waals surface area contributed by atoms with Gasteiger partial charge in [0.1, 0.15) is 24.2 Å². The molecular formula is C30H40F3NO5S2. The first kappa shape index (κ1) is 38.2. The Labute approximate surface area is 249 Å². The van der Waals surface area contributed by atoms with Gasteiger partial charge in [0, 0.05) is 23.7 Å². The van der Waals surface area contributed by atoms with Crippen LogP contribution >= 0.6 is 23.1 Å². The van der Waals surface area contributed by atoms with Gasteiger partial charge in [-0.15, -0.1) is 11.3 Å². The van der Waals surface area contributed by atoms with Crippen molar-refractivity contribution in [2.45, 2.75) is 83.2 Å². The zero-order valence-corrected chi connectivity index (χ0v) is 26.6. The summed E-state index contributed by atoms with van der Waals surface area (Å²) in [7, 11) is 0. The molecular weight excluding hydrogens is 575 g/mol. The lowest BCUT2D eigenvalue weighted by Crippen LogP contribution is -2.36. The Bertz CT molecular complexity index is 1210. The normalized spacial score (nSPS) is 11.3. The van der Waals surface area contributed by atoms with Gasteiger partial charge < -0.3 is 19.1 Å². The minimum absolute atomic E-state index is 0.134. The van der Waals surface area contributed by atoms with E-state index in [0.29, 0.717) is 5.01 Å². The molecule has 41 heavy (non-hydrogen) atoms. The molecule has 0 radical (unpaired) electrons. The Morgan fingerprint density at radius 2 is 1.54 bits per heavy atom. The number of alkyl halides is 3. The Morgan fingerprint density at radius 3 is 1.98 bits per heavy atom. The van der Waals surface area contributed by atoms with Crippen LogP contribution in [0.2, 0.25) is 0 Å². The highest BCUT2D eigenvalue weighted by Gasteiger charge is 2.35. The van der Waals surface area contributed by atoms with Crippen LogP contribution in [0.25, 0.3) is 20.8 Å². The van der Waals surface area contributed by atoms with Crippen LogP contribution in [-0.2, 0) is 29.3 Å². The number of rotatable bonds is 7. The number of ether oxygens (including phenoxy) is 2. The Morgan fingerprint density at radius 1 is 0.976 bits per heavy atom. The summed E-state index contributed by atoms with van der Waals surface area (Å²) in [6.45, 7) is 21.0. The van der Waals surface area contributed by atoms with E-state index in [1.165, 1.54) is 23.5 Å². The molecule has 1 aromatic heterocycles. The van der Waals surface area contributed by atoms with Crippen LogP contribution in [-0.4, -0.2) is 48.9 Å². The fourth-order valence-electron chi connectivity index (χ4n) is 3.29. The molecule has 0 spiro atoms. The lowest BCUT2D eigenvalue weighted by Gasteiger charge is -2.29. The number of benzene rings is 2. The van der Waals surface area contributed by atoms with Crippen molar-refractivity contribution in [3.63, 3.8) is 0 Å². The molecule has 3 aromatic rings. The van der Waals surface area contributed by atoms with Gasteiger partial charge in [-0.05, 0) is 96.0 Å². The first-order chi connectivity index (χ1) is 19.1. The number of fused-ring (bicyclic) bond motifs is 1. The molecule has 11 heteroatoms. The SMILES string of the molecule is C=O.C=O.CCCOCC.Cc1cc(C(C)(C)C(=O)OC(C)(C)C)cc2sc(-c3ccc(SC(F)(F)F)cc3)nc12. The average molecular weight is 616 g/mol. The second kappa shape index (κ2) is 17.3. The molecule has 0 atom stereocenters. The minimum Gasteiger partial charge on any atom is -0.459 e. The Balaban J connectivity index is 0.00000140. The number of halogens is 3. The number of carbonyl (C=O) groups is 3. The van der Waals surface area contributed by atoms with E-state index in [4.69, 9.17) is 19.1 Å². The van der Waals surface area contributed by atoms with Crippen molar-refractivity contribution in [2.24, 2.45) is 0 Å². The minimum atomic E-state index is -4.31.